The molecular weight excluding hydrogens is 780 g/mol. The van der Waals surface area contributed by atoms with E-state index in [0.29, 0.717) is 30.3 Å². The predicted molar refractivity (Wildman–Crippen MR) is 244 cm³/mol. The number of hydroxylamine groups is 2. The quantitative estimate of drug-likeness (QED) is 0.0277. The first-order valence-corrected chi connectivity index (χ1v) is 26.2. The number of carbonyl (C=O) groups is 2. The minimum atomic E-state index is -4.52. The molecule has 1 heterocycles. The maximum Gasteiger partial charge on any atom is 0.472 e. The molecule has 1 aliphatic rings. The smallest absolute Gasteiger partial charge is 0.462 e. The number of phosphoric acid groups is 1. The second-order valence-corrected chi connectivity index (χ2v) is 21.3. The summed E-state index contributed by atoms with van der Waals surface area (Å²) in [7, 11) is -0.430. The summed E-state index contributed by atoms with van der Waals surface area (Å²) >= 11 is 0. The summed E-state index contributed by atoms with van der Waals surface area (Å²) in [6, 6.07) is 0.149. The molecule has 11 nitrogen and oxygen atoms in total. The number of phosphoric ester groups is 1. The van der Waals surface area contributed by atoms with Crippen LogP contribution in [0.2, 0.25) is 0 Å². The van der Waals surface area contributed by atoms with Crippen molar-refractivity contribution in [2.75, 3.05) is 40.5 Å². The first-order valence-electron chi connectivity index (χ1n) is 24.7. The lowest BCUT2D eigenvalue weighted by Gasteiger charge is -2.53. The third-order valence-corrected chi connectivity index (χ3v) is 13.6. The van der Waals surface area contributed by atoms with Crippen LogP contribution in [-0.4, -0.2) is 90.1 Å². The molecule has 1 unspecified atom stereocenters. The van der Waals surface area contributed by atoms with Gasteiger partial charge in [0, 0.05) is 36.8 Å². The van der Waals surface area contributed by atoms with Crippen molar-refractivity contribution in [2.45, 2.75) is 257 Å². The highest BCUT2D eigenvalue weighted by Crippen LogP contribution is 2.44. The molecule has 1 aliphatic heterocycles. The molecule has 1 radical (unpaired) electrons. The molecule has 2 atom stereocenters. The largest absolute Gasteiger partial charge is 0.472 e. The highest BCUT2D eigenvalue weighted by Gasteiger charge is 2.50. The summed E-state index contributed by atoms with van der Waals surface area (Å²) < 4.78 is 35.4. The van der Waals surface area contributed by atoms with E-state index in [4.69, 9.17) is 18.5 Å². The number of nitrogens with zero attached hydrogens (tertiary/aromatic N) is 2. The zero-order chi connectivity index (χ0) is 44.8. The monoisotopic (exact) mass is 875 g/mol. The number of likely N-dealkylation sites (N-methyl/N-ethyl adjacent to an activating group) is 1. The van der Waals surface area contributed by atoms with E-state index in [2.05, 4.69) is 13.8 Å². The number of piperidine rings is 1. The van der Waals surface area contributed by atoms with Crippen molar-refractivity contribution in [1.82, 2.24) is 5.06 Å². The van der Waals surface area contributed by atoms with Crippen molar-refractivity contribution in [2.24, 2.45) is 0 Å². The van der Waals surface area contributed by atoms with E-state index in [9.17, 15) is 24.3 Å². The number of unbranched alkanes of at least 4 members (excludes halogenated alkanes) is 24. The van der Waals surface area contributed by atoms with Gasteiger partial charge in [-0.05, 0) is 40.5 Å². The molecule has 0 saturated carbocycles. The average Bonchev–Trinajstić information content (AvgIpc) is 3.18. The fourth-order valence-corrected chi connectivity index (χ4v) is 9.43. The molecule has 1 saturated heterocycles. The molecule has 0 aliphatic carbocycles. The lowest BCUT2D eigenvalue weighted by molar-refractivity contribution is -0.918. The van der Waals surface area contributed by atoms with Crippen LogP contribution in [0.5, 0.6) is 0 Å². The number of esters is 2. The van der Waals surface area contributed by atoms with Gasteiger partial charge in [0.15, 0.2) is 6.10 Å². The highest BCUT2D eigenvalue weighted by atomic mass is 31.2. The third kappa shape index (κ3) is 27.9. The molecule has 1 rings (SSSR count). The standard InChI is InChI=1S/C48H94N2O9P/c1-9-11-13-15-17-19-21-23-25-27-29-31-33-35-45(51)56-41-44(59-46(52)36-34-32-30-28-26-24-22-20-18-16-14-12-10-2)42-58-60(54,55)57-38-37-50(7,8)43-39-47(3,4)49(53)48(5,6)40-43/h43-44H,9-42H2,1-8H3/p+1/t44-/m1/s1. The Kier molecular flexibility index (Phi) is 30.9. The van der Waals surface area contributed by atoms with Crippen molar-refractivity contribution in [3.05, 3.63) is 0 Å². The van der Waals surface area contributed by atoms with Crippen LogP contribution in [0, 0.1) is 0 Å². The highest BCUT2D eigenvalue weighted by molar-refractivity contribution is 7.47. The summed E-state index contributed by atoms with van der Waals surface area (Å²) in [4.78, 5) is 36.1. The van der Waals surface area contributed by atoms with E-state index in [1.54, 1.807) is 0 Å². The van der Waals surface area contributed by atoms with E-state index in [-0.39, 0.29) is 38.1 Å². The van der Waals surface area contributed by atoms with Crippen LogP contribution >= 0.6 is 7.82 Å². The van der Waals surface area contributed by atoms with Crippen LogP contribution in [-0.2, 0) is 37.9 Å². The molecule has 60 heavy (non-hydrogen) atoms. The number of ether oxygens (including phenoxy) is 2. The molecule has 355 valence electrons. The minimum absolute atomic E-state index is 0.0448. The molecular formula is C48H95N2O9P+. The van der Waals surface area contributed by atoms with Crippen molar-refractivity contribution in [3.8, 4) is 0 Å². The average molecular weight is 875 g/mol. The van der Waals surface area contributed by atoms with Crippen molar-refractivity contribution in [3.63, 3.8) is 0 Å². The number of quaternary nitrogens is 1. The van der Waals surface area contributed by atoms with Crippen LogP contribution in [0.4, 0.5) is 0 Å². The van der Waals surface area contributed by atoms with Gasteiger partial charge in [-0.25, -0.2) is 4.57 Å². The van der Waals surface area contributed by atoms with Gasteiger partial charge in [-0.15, -0.1) is 10.3 Å². The second kappa shape index (κ2) is 32.6. The maximum absolute atomic E-state index is 13.0. The molecule has 1 fully saturated rings. The normalized spacial score (nSPS) is 17.4. The van der Waals surface area contributed by atoms with Gasteiger partial charge in [-0.3, -0.25) is 18.6 Å². The summed E-state index contributed by atoms with van der Waals surface area (Å²) in [5.41, 5.74) is -1.07. The second-order valence-electron chi connectivity index (χ2n) is 19.9. The van der Waals surface area contributed by atoms with E-state index in [0.717, 1.165) is 38.5 Å². The Labute approximate surface area is 368 Å². The number of hydrogen-bond donors (Lipinski definition) is 1. The number of carbonyl (C=O) groups excluding carboxylic acids is 2. The summed E-state index contributed by atoms with van der Waals surface area (Å²) in [6.07, 6.45) is 32.3. The topological polar surface area (TPSA) is 132 Å². The molecule has 12 heteroatoms. The Bertz CT molecular complexity index is 1130. The Morgan fingerprint density at radius 3 is 1.38 bits per heavy atom. The summed E-state index contributed by atoms with van der Waals surface area (Å²) in [6.45, 7) is 12.0. The molecule has 0 aromatic carbocycles. The minimum Gasteiger partial charge on any atom is -0.462 e. The fraction of sp³-hybridized carbons (Fsp3) is 0.958. The van der Waals surface area contributed by atoms with E-state index in [1.807, 2.05) is 41.8 Å². The Morgan fingerprint density at radius 2 is 0.983 bits per heavy atom. The van der Waals surface area contributed by atoms with Crippen LogP contribution in [0.25, 0.3) is 0 Å². The van der Waals surface area contributed by atoms with E-state index in [1.165, 1.54) is 127 Å². The van der Waals surface area contributed by atoms with Crippen LogP contribution in [0.1, 0.15) is 234 Å². The molecule has 1 N–H and O–H groups in total. The molecule has 0 spiro atoms. The van der Waals surface area contributed by atoms with Crippen molar-refractivity contribution in [1.29, 1.82) is 0 Å². The van der Waals surface area contributed by atoms with Crippen LogP contribution < -0.4 is 0 Å². The molecule has 0 bridgehead atoms. The van der Waals surface area contributed by atoms with Crippen molar-refractivity contribution < 1.29 is 47.3 Å². The molecule has 0 aromatic heterocycles. The third-order valence-electron chi connectivity index (χ3n) is 12.6. The first kappa shape index (κ1) is 56.9. The van der Waals surface area contributed by atoms with Crippen LogP contribution in [0.15, 0.2) is 0 Å². The Balaban J connectivity index is 2.53. The van der Waals surface area contributed by atoms with Gasteiger partial charge in [0.2, 0.25) is 0 Å². The summed E-state index contributed by atoms with van der Waals surface area (Å²) in [5.74, 6) is -0.824. The van der Waals surface area contributed by atoms with E-state index < -0.39 is 37.6 Å². The van der Waals surface area contributed by atoms with E-state index >= 15 is 0 Å². The summed E-state index contributed by atoms with van der Waals surface area (Å²) in [5, 5.41) is 14.1. The fourth-order valence-electron chi connectivity index (χ4n) is 8.69. The SMILES string of the molecule is CCCCCCCCCCCCCCCC(=O)OC[C@H](COP(=O)(O)OCC[N+](C)(C)C1CC(C)(C)N([O])C(C)(C)C1)OC(=O)CCCCCCCCCCCCCCC. The van der Waals surface area contributed by atoms with Gasteiger partial charge in [-0.2, -0.15) is 0 Å². The van der Waals surface area contributed by atoms with Crippen molar-refractivity contribution >= 4 is 19.8 Å². The van der Waals surface area contributed by atoms with Gasteiger partial charge < -0.3 is 18.9 Å². The lowest BCUT2D eigenvalue weighted by atomic mass is 9.77. The van der Waals surface area contributed by atoms with Crippen LogP contribution in [0.3, 0.4) is 0 Å². The zero-order valence-corrected chi connectivity index (χ0v) is 41.1. The lowest BCUT2D eigenvalue weighted by Crippen LogP contribution is -2.65. The number of rotatable bonds is 39. The van der Waals surface area contributed by atoms with Gasteiger partial charge >= 0.3 is 19.8 Å². The molecule has 0 aromatic rings. The first-order chi connectivity index (χ1) is 28.5. The van der Waals surface area contributed by atoms with Gasteiger partial charge in [0.25, 0.3) is 0 Å². The van der Waals surface area contributed by atoms with Gasteiger partial charge in [-0.1, -0.05) is 168 Å². The number of hydrogen-bond acceptors (Lipinski definition) is 8. The predicted octanol–water partition coefficient (Wildman–Crippen LogP) is 13.0. The maximum atomic E-state index is 13.0. The Hall–Kier alpha value is -1.07. The van der Waals surface area contributed by atoms with Gasteiger partial charge in [0.1, 0.15) is 19.8 Å². The zero-order valence-electron chi connectivity index (χ0n) is 40.3. The van der Waals surface area contributed by atoms with Gasteiger partial charge in [0.05, 0.1) is 26.7 Å². The Morgan fingerprint density at radius 1 is 0.617 bits per heavy atom. The molecule has 0 amide bonds.